The van der Waals surface area contributed by atoms with Gasteiger partial charge in [0.25, 0.3) is 0 Å². The van der Waals surface area contributed by atoms with Gasteiger partial charge in [-0.25, -0.2) is 0 Å². The molecule has 1 aliphatic heterocycles. The highest BCUT2D eigenvalue weighted by Gasteiger charge is 2.30. The summed E-state index contributed by atoms with van der Waals surface area (Å²) in [6.45, 7) is 4.13. The van der Waals surface area contributed by atoms with Crippen LogP contribution in [0.25, 0.3) is 0 Å². The van der Waals surface area contributed by atoms with Gasteiger partial charge in [-0.2, -0.15) is 0 Å². The number of hydrogen-bond acceptors (Lipinski definition) is 3. The maximum Gasteiger partial charge on any atom is 0.245 e. The maximum absolute atomic E-state index is 12.2. The van der Waals surface area contributed by atoms with Gasteiger partial charge in [0.2, 0.25) is 11.8 Å². The van der Waals surface area contributed by atoms with E-state index in [0.717, 1.165) is 4.88 Å². The van der Waals surface area contributed by atoms with Crippen molar-refractivity contribution < 1.29 is 9.59 Å². The monoisotopic (exact) mass is 286 g/mol. The number of rotatable bonds is 2. The van der Waals surface area contributed by atoms with Crippen molar-refractivity contribution in [3.8, 4) is 0 Å². The maximum atomic E-state index is 12.2. The van der Waals surface area contributed by atoms with Crippen molar-refractivity contribution >= 4 is 34.8 Å². The number of thiophene rings is 1. The van der Waals surface area contributed by atoms with Crippen LogP contribution in [0.15, 0.2) is 12.1 Å². The first-order valence-electron chi connectivity index (χ1n) is 5.84. The summed E-state index contributed by atoms with van der Waals surface area (Å²) in [6, 6.07) is 3.24. The molecule has 2 amide bonds. The summed E-state index contributed by atoms with van der Waals surface area (Å²) in [7, 11) is 0. The third-order valence-corrected chi connectivity index (χ3v) is 4.49. The first-order chi connectivity index (χ1) is 8.49. The molecule has 0 aliphatic carbocycles. The Morgan fingerprint density at radius 2 is 2.22 bits per heavy atom. The Hall–Kier alpha value is -1.07. The fourth-order valence-corrected chi connectivity index (χ4v) is 3.17. The van der Waals surface area contributed by atoms with Crippen LogP contribution in [-0.2, 0) is 9.59 Å². The highest BCUT2D eigenvalue weighted by Crippen LogP contribution is 2.31. The number of hydrogen-bond donors (Lipinski definition) is 1. The van der Waals surface area contributed by atoms with Crippen molar-refractivity contribution in [3.63, 3.8) is 0 Å². The summed E-state index contributed by atoms with van der Waals surface area (Å²) in [4.78, 5) is 26.4. The van der Waals surface area contributed by atoms with Crippen LogP contribution in [0, 0.1) is 0 Å². The molecular weight excluding hydrogens is 272 g/mol. The van der Waals surface area contributed by atoms with Crippen molar-refractivity contribution in [3.05, 3.63) is 21.3 Å². The van der Waals surface area contributed by atoms with Crippen molar-refractivity contribution in [1.82, 2.24) is 10.2 Å². The second-order valence-corrected chi connectivity index (χ2v) is 6.14. The Balaban J connectivity index is 2.20. The Bertz CT molecular complexity index is 474. The largest absolute Gasteiger partial charge is 0.345 e. The topological polar surface area (TPSA) is 49.4 Å². The Kier molecular flexibility index (Phi) is 3.92. The fourth-order valence-electron chi connectivity index (χ4n) is 2.05. The lowest BCUT2D eigenvalue weighted by molar-refractivity contribution is -0.134. The van der Waals surface area contributed by atoms with Crippen molar-refractivity contribution in [2.24, 2.45) is 0 Å². The molecule has 0 bridgehead atoms. The summed E-state index contributed by atoms with van der Waals surface area (Å²) >= 11 is 7.38. The van der Waals surface area contributed by atoms with E-state index in [-0.39, 0.29) is 17.9 Å². The molecule has 0 spiro atoms. The Labute approximate surface area is 115 Å². The van der Waals surface area contributed by atoms with Gasteiger partial charge < -0.3 is 10.2 Å². The molecule has 2 atom stereocenters. The molecule has 2 heterocycles. The van der Waals surface area contributed by atoms with E-state index in [1.165, 1.54) is 11.3 Å². The number of nitrogens with zero attached hydrogens (tertiary/aromatic N) is 1. The smallest absolute Gasteiger partial charge is 0.245 e. The van der Waals surface area contributed by atoms with Gasteiger partial charge in [-0.15, -0.1) is 11.3 Å². The first-order valence-corrected chi connectivity index (χ1v) is 7.03. The minimum atomic E-state index is -0.460. The Morgan fingerprint density at radius 1 is 1.50 bits per heavy atom. The summed E-state index contributed by atoms with van der Waals surface area (Å²) < 4.78 is 0.710. The summed E-state index contributed by atoms with van der Waals surface area (Å²) in [6.07, 6.45) is 0.347. The normalized spacial score (nSPS) is 22.6. The third-order valence-electron chi connectivity index (χ3n) is 3.08. The molecule has 98 valence electrons. The summed E-state index contributed by atoms with van der Waals surface area (Å²) in [5.74, 6) is -0.118. The van der Waals surface area contributed by atoms with Gasteiger partial charge >= 0.3 is 0 Å². The molecule has 1 N–H and O–H groups in total. The number of nitrogens with one attached hydrogen (secondary N) is 1. The molecule has 1 aromatic heterocycles. The van der Waals surface area contributed by atoms with Crippen LogP contribution in [0.1, 0.15) is 31.2 Å². The minimum absolute atomic E-state index is 0.0436. The quantitative estimate of drug-likeness (QED) is 0.906. The molecule has 1 saturated heterocycles. The number of carbonyl (C=O) groups is 2. The fraction of sp³-hybridized carbons (Fsp3) is 0.500. The molecule has 0 radical (unpaired) electrons. The molecule has 2 rings (SSSR count). The van der Waals surface area contributed by atoms with E-state index in [2.05, 4.69) is 5.32 Å². The number of halogens is 1. The van der Waals surface area contributed by atoms with Crippen LogP contribution in [0.3, 0.4) is 0 Å². The molecule has 6 heteroatoms. The molecule has 0 saturated carbocycles. The van der Waals surface area contributed by atoms with Crippen LogP contribution in [0.5, 0.6) is 0 Å². The highest BCUT2D eigenvalue weighted by atomic mass is 35.5. The zero-order valence-corrected chi connectivity index (χ0v) is 11.8. The van der Waals surface area contributed by atoms with Crippen molar-refractivity contribution in [2.75, 3.05) is 6.54 Å². The van der Waals surface area contributed by atoms with E-state index in [1.54, 1.807) is 11.8 Å². The molecular formula is C12H15ClN2O2S. The minimum Gasteiger partial charge on any atom is -0.345 e. The van der Waals surface area contributed by atoms with Crippen LogP contribution >= 0.6 is 22.9 Å². The molecule has 0 aromatic carbocycles. The van der Waals surface area contributed by atoms with Gasteiger partial charge in [0.1, 0.15) is 6.04 Å². The molecule has 1 aromatic rings. The summed E-state index contributed by atoms with van der Waals surface area (Å²) in [5, 5.41) is 2.68. The van der Waals surface area contributed by atoms with E-state index in [1.807, 2.05) is 19.1 Å². The van der Waals surface area contributed by atoms with Crippen LogP contribution in [-0.4, -0.2) is 29.3 Å². The zero-order chi connectivity index (χ0) is 13.3. The van der Waals surface area contributed by atoms with Crippen molar-refractivity contribution in [2.45, 2.75) is 32.4 Å². The van der Waals surface area contributed by atoms with E-state index < -0.39 is 6.04 Å². The lowest BCUT2D eigenvalue weighted by Crippen LogP contribution is -2.43. The molecule has 4 nitrogen and oxygen atoms in total. The standard InChI is InChI=1S/C12H15ClN2O2S/c1-7-12(17)15(6-5-11(16)14-7)8(2)9-3-4-10(13)18-9/h3-4,7-8H,5-6H2,1-2H3,(H,14,16). The third kappa shape index (κ3) is 2.67. The molecule has 2 unspecified atom stereocenters. The predicted molar refractivity (Wildman–Crippen MR) is 71.7 cm³/mol. The number of carbonyl (C=O) groups excluding carboxylic acids is 2. The predicted octanol–water partition coefficient (Wildman–Crippen LogP) is 2.20. The van der Waals surface area contributed by atoms with E-state index in [4.69, 9.17) is 11.6 Å². The Morgan fingerprint density at radius 3 is 2.83 bits per heavy atom. The van der Waals surface area contributed by atoms with Crippen LogP contribution < -0.4 is 5.32 Å². The van der Waals surface area contributed by atoms with Gasteiger partial charge in [-0.1, -0.05) is 11.6 Å². The van der Waals surface area contributed by atoms with Gasteiger partial charge in [0.05, 0.1) is 10.4 Å². The second-order valence-electron chi connectivity index (χ2n) is 4.39. The number of amides is 2. The first kappa shape index (κ1) is 13.4. The van der Waals surface area contributed by atoms with Gasteiger partial charge in [-0.05, 0) is 26.0 Å². The van der Waals surface area contributed by atoms with Crippen LogP contribution in [0.4, 0.5) is 0 Å². The summed E-state index contributed by atoms with van der Waals surface area (Å²) in [5.41, 5.74) is 0. The average Bonchev–Trinajstić information content (AvgIpc) is 2.70. The highest BCUT2D eigenvalue weighted by molar-refractivity contribution is 7.16. The van der Waals surface area contributed by atoms with Gasteiger partial charge in [0, 0.05) is 17.8 Å². The van der Waals surface area contributed by atoms with E-state index in [0.29, 0.717) is 17.3 Å². The molecule has 1 fully saturated rings. The molecule has 18 heavy (non-hydrogen) atoms. The van der Waals surface area contributed by atoms with Gasteiger partial charge in [0.15, 0.2) is 0 Å². The SMILES string of the molecule is CC1NC(=O)CCN(C(C)c2ccc(Cl)s2)C1=O. The van der Waals surface area contributed by atoms with Crippen molar-refractivity contribution in [1.29, 1.82) is 0 Å². The van der Waals surface area contributed by atoms with Gasteiger partial charge in [-0.3, -0.25) is 9.59 Å². The lowest BCUT2D eigenvalue weighted by Gasteiger charge is -2.28. The lowest BCUT2D eigenvalue weighted by atomic mass is 10.2. The molecule has 1 aliphatic rings. The van der Waals surface area contributed by atoms with Crippen LogP contribution in [0.2, 0.25) is 4.34 Å². The average molecular weight is 287 g/mol. The second kappa shape index (κ2) is 5.28. The van der Waals surface area contributed by atoms with E-state index in [9.17, 15) is 9.59 Å². The van der Waals surface area contributed by atoms with E-state index >= 15 is 0 Å². The zero-order valence-electron chi connectivity index (χ0n) is 10.3.